The Morgan fingerprint density at radius 1 is 0.917 bits per heavy atom. The zero-order valence-electron chi connectivity index (χ0n) is 15.0. The van der Waals surface area contributed by atoms with Crippen molar-refractivity contribution in [3.8, 4) is 0 Å². The van der Waals surface area contributed by atoms with E-state index in [-0.39, 0.29) is 5.91 Å². The van der Waals surface area contributed by atoms with Gasteiger partial charge in [0.1, 0.15) is 0 Å². The molecule has 0 unspecified atom stereocenters. The van der Waals surface area contributed by atoms with E-state index < -0.39 is 0 Å². The highest BCUT2D eigenvalue weighted by Crippen LogP contribution is 2.20. The largest absolute Gasteiger partial charge is 0.368 e. The number of carbonyl (C=O) groups excluding carboxylic acids is 1. The first-order valence-corrected chi connectivity index (χ1v) is 8.50. The lowest BCUT2D eigenvalue weighted by Crippen LogP contribution is -2.49. The fourth-order valence-corrected chi connectivity index (χ4v) is 3.26. The van der Waals surface area contributed by atoms with E-state index in [0.29, 0.717) is 0 Å². The summed E-state index contributed by atoms with van der Waals surface area (Å²) in [5.41, 5.74) is 6.53. The number of benzene rings is 1. The Hall–Kier alpha value is -2.36. The van der Waals surface area contributed by atoms with Crippen molar-refractivity contribution in [3.05, 3.63) is 58.4 Å². The molecule has 126 valence electrons. The van der Waals surface area contributed by atoms with E-state index in [4.69, 9.17) is 0 Å². The molecule has 0 saturated carbocycles. The van der Waals surface area contributed by atoms with Crippen LogP contribution in [0.25, 0.3) is 0 Å². The topological polar surface area (TPSA) is 36.4 Å². The molecule has 2 heterocycles. The van der Waals surface area contributed by atoms with Crippen molar-refractivity contribution in [1.82, 2.24) is 9.88 Å². The van der Waals surface area contributed by atoms with Gasteiger partial charge in [-0.3, -0.25) is 9.78 Å². The van der Waals surface area contributed by atoms with Crippen LogP contribution in [0.5, 0.6) is 0 Å². The average molecular weight is 323 g/mol. The van der Waals surface area contributed by atoms with E-state index in [9.17, 15) is 4.79 Å². The lowest BCUT2D eigenvalue weighted by molar-refractivity contribution is 0.0746. The number of aromatic nitrogens is 1. The van der Waals surface area contributed by atoms with Gasteiger partial charge in [0.2, 0.25) is 0 Å². The number of aryl methyl sites for hydroxylation is 4. The first-order valence-electron chi connectivity index (χ1n) is 8.50. The molecule has 0 spiro atoms. The van der Waals surface area contributed by atoms with Gasteiger partial charge in [0.05, 0.1) is 0 Å². The van der Waals surface area contributed by atoms with Gasteiger partial charge < -0.3 is 9.80 Å². The Bertz CT molecular complexity index is 761. The molecule has 4 heteroatoms. The zero-order valence-corrected chi connectivity index (χ0v) is 15.0. The third kappa shape index (κ3) is 3.28. The molecule has 1 amide bonds. The van der Waals surface area contributed by atoms with Gasteiger partial charge in [-0.05, 0) is 62.6 Å². The van der Waals surface area contributed by atoms with Crippen LogP contribution < -0.4 is 4.90 Å². The third-order valence-corrected chi connectivity index (χ3v) is 4.88. The second kappa shape index (κ2) is 6.63. The zero-order chi connectivity index (χ0) is 17.3. The van der Waals surface area contributed by atoms with Crippen LogP contribution in [0, 0.1) is 27.7 Å². The maximum absolute atomic E-state index is 12.9. The molecular formula is C20H25N3O. The molecule has 0 radical (unpaired) electrons. The summed E-state index contributed by atoms with van der Waals surface area (Å²) in [6.45, 7) is 11.4. The number of anilines is 1. The van der Waals surface area contributed by atoms with Crippen molar-refractivity contribution in [1.29, 1.82) is 0 Å². The number of amides is 1. The summed E-state index contributed by atoms with van der Waals surface area (Å²) in [6, 6.07) is 8.28. The summed E-state index contributed by atoms with van der Waals surface area (Å²) in [6.07, 6.45) is 1.85. The summed E-state index contributed by atoms with van der Waals surface area (Å²) < 4.78 is 0. The molecule has 1 aliphatic heterocycles. The molecule has 24 heavy (non-hydrogen) atoms. The Morgan fingerprint density at radius 3 is 2.25 bits per heavy atom. The normalized spacial score (nSPS) is 14.8. The van der Waals surface area contributed by atoms with Crippen LogP contribution in [0.4, 0.5) is 5.69 Å². The molecule has 0 aliphatic carbocycles. The molecule has 4 nitrogen and oxygen atoms in total. The number of pyridine rings is 1. The van der Waals surface area contributed by atoms with Gasteiger partial charge in [-0.1, -0.05) is 6.07 Å². The second-order valence-corrected chi connectivity index (χ2v) is 6.69. The molecule has 0 bridgehead atoms. The molecular weight excluding hydrogens is 298 g/mol. The molecule has 1 fully saturated rings. The minimum atomic E-state index is 0.154. The summed E-state index contributed by atoms with van der Waals surface area (Å²) in [4.78, 5) is 21.4. The smallest absolute Gasteiger partial charge is 0.254 e. The molecule has 1 saturated heterocycles. The van der Waals surface area contributed by atoms with Gasteiger partial charge in [-0.25, -0.2) is 0 Å². The fourth-order valence-electron chi connectivity index (χ4n) is 3.26. The van der Waals surface area contributed by atoms with Crippen LogP contribution in [-0.2, 0) is 0 Å². The highest BCUT2D eigenvalue weighted by atomic mass is 16.2. The molecule has 0 atom stereocenters. The number of rotatable bonds is 2. The monoisotopic (exact) mass is 323 g/mol. The van der Waals surface area contributed by atoms with Gasteiger partial charge in [0.25, 0.3) is 5.91 Å². The van der Waals surface area contributed by atoms with Crippen LogP contribution in [0.2, 0.25) is 0 Å². The Balaban J connectivity index is 1.70. The number of nitrogens with zero attached hydrogens (tertiary/aromatic N) is 3. The van der Waals surface area contributed by atoms with Crippen molar-refractivity contribution in [2.75, 3.05) is 31.1 Å². The maximum atomic E-state index is 12.9. The molecule has 1 aromatic carbocycles. The van der Waals surface area contributed by atoms with Gasteiger partial charge in [-0.2, -0.15) is 0 Å². The van der Waals surface area contributed by atoms with Gasteiger partial charge in [0, 0.05) is 49.3 Å². The lowest BCUT2D eigenvalue weighted by Gasteiger charge is -2.36. The van der Waals surface area contributed by atoms with E-state index in [1.54, 1.807) is 0 Å². The second-order valence-electron chi connectivity index (χ2n) is 6.69. The van der Waals surface area contributed by atoms with Crippen LogP contribution in [0.15, 0.2) is 30.5 Å². The first-order chi connectivity index (χ1) is 11.5. The van der Waals surface area contributed by atoms with Crippen molar-refractivity contribution in [2.45, 2.75) is 27.7 Å². The molecule has 1 aromatic heterocycles. The van der Waals surface area contributed by atoms with Crippen molar-refractivity contribution >= 4 is 11.6 Å². The number of hydrogen-bond acceptors (Lipinski definition) is 3. The van der Waals surface area contributed by atoms with Crippen molar-refractivity contribution in [2.24, 2.45) is 0 Å². The van der Waals surface area contributed by atoms with E-state index in [1.165, 1.54) is 16.8 Å². The first kappa shape index (κ1) is 16.5. The molecule has 0 N–H and O–H groups in total. The minimum Gasteiger partial charge on any atom is -0.368 e. The average Bonchev–Trinajstić information content (AvgIpc) is 2.58. The Kier molecular flexibility index (Phi) is 4.56. The van der Waals surface area contributed by atoms with E-state index in [2.05, 4.69) is 35.9 Å². The van der Waals surface area contributed by atoms with Gasteiger partial charge >= 0.3 is 0 Å². The molecule has 2 aromatic rings. The predicted octanol–water partition coefficient (Wildman–Crippen LogP) is 3.28. The van der Waals surface area contributed by atoms with Crippen LogP contribution in [-0.4, -0.2) is 42.0 Å². The number of hydrogen-bond donors (Lipinski definition) is 0. The van der Waals surface area contributed by atoms with E-state index in [0.717, 1.165) is 43.0 Å². The van der Waals surface area contributed by atoms with Crippen LogP contribution in [0.1, 0.15) is 32.7 Å². The number of piperazine rings is 1. The molecule has 1 aliphatic rings. The lowest BCUT2D eigenvalue weighted by atomic mass is 10.00. The predicted molar refractivity (Wildman–Crippen MR) is 97.7 cm³/mol. The summed E-state index contributed by atoms with van der Waals surface area (Å²) >= 11 is 0. The summed E-state index contributed by atoms with van der Waals surface area (Å²) in [7, 11) is 0. The summed E-state index contributed by atoms with van der Waals surface area (Å²) in [5.74, 6) is 0.154. The SMILES string of the molecule is Cc1cc(N2CCN(C(=O)c3cc(C)c(C)cc3C)CC2)ccn1. The summed E-state index contributed by atoms with van der Waals surface area (Å²) in [5, 5.41) is 0. The number of carbonyl (C=O) groups is 1. The maximum Gasteiger partial charge on any atom is 0.254 e. The Morgan fingerprint density at radius 2 is 1.58 bits per heavy atom. The van der Waals surface area contributed by atoms with Crippen LogP contribution >= 0.6 is 0 Å². The Labute approximate surface area is 144 Å². The highest BCUT2D eigenvalue weighted by molar-refractivity contribution is 5.96. The van der Waals surface area contributed by atoms with Gasteiger partial charge in [0.15, 0.2) is 0 Å². The molecule has 3 rings (SSSR count). The van der Waals surface area contributed by atoms with E-state index in [1.807, 2.05) is 37.1 Å². The highest BCUT2D eigenvalue weighted by Gasteiger charge is 2.23. The standard InChI is InChI=1S/C20H25N3O/c1-14-11-16(3)19(12-15(14)2)20(24)23-9-7-22(8-10-23)18-5-6-21-17(4)13-18/h5-6,11-13H,7-10H2,1-4H3. The quantitative estimate of drug-likeness (QED) is 0.851. The fraction of sp³-hybridized carbons (Fsp3) is 0.400. The van der Waals surface area contributed by atoms with E-state index >= 15 is 0 Å². The van der Waals surface area contributed by atoms with Crippen LogP contribution in [0.3, 0.4) is 0 Å². The van der Waals surface area contributed by atoms with Gasteiger partial charge in [-0.15, -0.1) is 0 Å². The van der Waals surface area contributed by atoms with Crippen molar-refractivity contribution in [3.63, 3.8) is 0 Å². The minimum absolute atomic E-state index is 0.154. The third-order valence-electron chi connectivity index (χ3n) is 4.88. The van der Waals surface area contributed by atoms with Crippen molar-refractivity contribution < 1.29 is 4.79 Å².